The fourth-order valence-corrected chi connectivity index (χ4v) is 15.0. The Bertz CT molecular complexity index is 4410. The van der Waals surface area contributed by atoms with Gasteiger partial charge in [0.2, 0.25) is 6.29 Å². The van der Waals surface area contributed by atoms with Crippen LogP contribution in [0.2, 0.25) is 0 Å². The Morgan fingerprint density at radius 1 is 0.304 bits per heavy atom. The summed E-state index contributed by atoms with van der Waals surface area (Å²) >= 11 is 0. The molecular weight excluding hydrogens is 1470 g/mol. The number of fused-ring (bicyclic) bond motifs is 1. The summed E-state index contributed by atoms with van der Waals surface area (Å²) in [7, 11) is 1.61. The van der Waals surface area contributed by atoms with Gasteiger partial charge in [-0.1, -0.05) is 273 Å². The molecule has 115 heavy (non-hydrogen) atoms. The highest BCUT2D eigenvalue weighted by molar-refractivity contribution is 5.32. The third-order valence-corrected chi connectivity index (χ3v) is 21.0. The van der Waals surface area contributed by atoms with E-state index in [2.05, 4.69) is 0 Å². The number of aliphatic hydroxyl groups is 2. The normalized spacial score (nSPS) is 28.7. The number of hydrogen-bond donors (Lipinski definition) is 2. The molecule has 1 unspecified atom stereocenters. The lowest BCUT2D eigenvalue weighted by molar-refractivity contribution is -0.416. The first-order valence-corrected chi connectivity index (χ1v) is 39.4. The molecule has 10 aromatic carbocycles. The van der Waals surface area contributed by atoms with Crippen molar-refractivity contribution in [2.24, 2.45) is 0 Å². The maximum absolute atomic E-state index is 13.7. The van der Waals surface area contributed by atoms with Gasteiger partial charge in [-0.25, -0.2) is 0 Å². The van der Waals surface area contributed by atoms with Gasteiger partial charge < -0.3 is 100 Å². The average Bonchev–Trinajstić information content (AvgIpc) is 0.756. The summed E-state index contributed by atoms with van der Waals surface area (Å²) in [5.74, 6) is 1.09. The Kier molecular flexibility index (Phi) is 29.1. The fraction of sp³-hybridized carbons (Fsp3) is 0.362. The number of aliphatic hydroxyl groups excluding tert-OH is 2. The highest BCUT2D eigenvalue weighted by atomic mass is 16.8. The molecule has 21 atom stereocenters. The minimum atomic E-state index is -1.57. The van der Waals surface area contributed by atoms with E-state index < -0.39 is 129 Å². The van der Waals surface area contributed by atoms with Gasteiger partial charge in [0, 0.05) is 5.56 Å². The SMILES string of the molecule is COc1ccc(O[C@@H]2O[C@H](COCc3ccccc3)[C@@H](O[C@@H]3O[C@H](COCc4ccccc4)[C@H](O)[C@H](O[C@H]4O[C@@H]5COC(c6ccccc6)O[C@@H]5[C@H](O[C@@H]5O[C@@H](C)[C@H](OCc6ccccc6)[C@@H](OCc6ccccc6)[C@H]5O)[C@H]4OCc4ccccc4)[C@H]3OCc3ccccc3)[C@H](OCc3ccccc3)[C@H]2OCc2ccccc2)cc1. The average molecular weight is 1570 g/mol. The van der Waals surface area contributed by atoms with Gasteiger partial charge in [-0.2, -0.15) is 0 Å². The van der Waals surface area contributed by atoms with Crippen molar-refractivity contribution < 1.29 is 100 Å². The Morgan fingerprint density at radius 2 is 0.661 bits per heavy atom. The number of ether oxygens (including phenoxy) is 19. The smallest absolute Gasteiger partial charge is 0.229 e. The van der Waals surface area contributed by atoms with E-state index in [1.807, 2.05) is 292 Å². The summed E-state index contributed by atoms with van der Waals surface area (Å²) in [6, 6.07) is 94.9. The lowest BCUT2D eigenvalue weighted by Crippen LogP contribution is -2.69. The van der Waals surface area contributed by atoms with Gasteiger partial charge in [0.15, 0.2) is 25.2 Å². The second-order valence-corrected chi connectivity index (χ2v) is 29.2. The molecule has 5 aliphatic rings. The van der Waals surface area contributed by atoms with Crippen molar-refractivity contribution in [1.82, 2.24) is 0 Å². The molecule has 5 aliphatic heterocycles. The minimum Gasteiger partial charge on any atom is -0.497 e. The Labute approximate surface area is 671 Å². The highest BCUT2D eigenvalue weighted by Crippen LogP contribution is 2.43. The first-order valence-electron chi connectivity index (χ1n) is 39.4. The molecule has 5 heterocycles. The summed E-state index contributed by atoms with van der Waals surface area (Å²) < 4.78 is 134. The molecule has 0 spiro atoms. The summed E-state index contributed by atoms with van der Waals surface area (Å²) in [6.45, 7) is 2.44. The fourth-order valence-electron chi connectivity index (χ4n) is 15.0. The van der Waals surface area contributed by atoms with Crippen molar-refractivity contribution in [1.29, 1.82) is 0 Å². The first-order chi connectivity index (χ1) is 56.7. The molecule has 0 radical (unpaired) electrons. The van der Waals surface area contributed by atoms with Crippen LogP contribution in [0.3, 0.4) is 0 Å². The largest absolute Gasteiger partial charge is 0.497 e. The van der Waals surface area contributed by atoms with E-state index in [0.717, 1.165) is 50.1 Å². The van der Waals surface area contributed by atoms with E-state index in [1.54, 1.807) is 19.2 Å². The van der Waals surface area contributed by atoms with Crippen molar-refractivity contribution >= 4 is 0 Å². The molecule has 5 fully saturated rings. The molecule has 0 aromatic heterocycles. The predicted octanol–water partition coefficient (Wildman–Crippen LogP) is 13.9. The summed E-state index contributed by atoms with van der Waals surface area (Å²) in [5, 5.41) is 26.8. The van der Waals surface area contributed by atoms with Crippen molar-refractivity contribution in [3.63, 3.8) is 0 Å². The Hall–Kier alpha value is -8.96. The van der Waals surface area contributed by atoms with Crippen LogP contribution in [0.4, 0.5) is 0 Å². The van der Waals surface area contributed by atoms with Crippen LogP contribution in [0.25, 0.3) is 0 Å². The molecule has 5 saturated heterocycles. The standard InChI is InChI=1S/C94H100O21/c1-63-80(100-54-66-34-16-5-17-35-66)83(101-55-67-36-18-6-19-37-67)79(96)91(107-63)115-86-82-77(62-106-90(112-82)72-46-28-11-29-47-72)111-94(89(86)105-59-71-44-26-10-27-45-71)114-84-78(95)75(60-98-52-64-30-12-3-13-31-64)109-93(87(84)103-57-69-40-22-8-23-41-69)113-81-76(61-99-53-65-32-14-4-15-33-65)110-92(108-74-50-48-73(97-2)49-51-74)88(104-58-70-42-24-9-25-43-70)85(81)102-56-68-38-20-7-21-39-68/h3-51,63,75-96H,52-62H2,1-2H3/t63-,75+,76+,77+,78-,79+,80-,81+,82-,83-,84-,85-,86-,87+,88+,89+,90?,91-,92+,93-,94+/m0/s1. The van der Waals surface area contributed by atoms with Crippen molar-refractivity contribution in [2.75, 3.05) is 26.9 Å². The highest BCUT2D eigenvalue weighted by Gasteiger charge is 2.59. The maximum Gasteiger partial charge on any atom is 0.229 e. The van der Waals surface area contributed by atoms with Crippen LogP contribution >= 0.6 is 0 Å². The van der Waals surface area contributed by atoms with E-state index in [-0.39, 0.29) is 72.7 Å². The Morgan fingerprint density at radius 3 is 1.12 bits per heavy atom. The quantitative estimate of drug-likeness (QED) is 0.0373. The van der Waals surface area contributed by atoms with E-state index in [0.29, 0.717) is 11.5 Å². The summed E-state index contributed by atoms with van der Waals surface area (Å²) in [5.41, 5.74) is 7.67. The van der Waals surface area contributed by atoms with Gasteiger partial charge in [-0.3, -0.25) is 0 Å². The number of hydrogen-bond acceptors (Lipinski definition) is 21. The van der Waals surface area contributed by atoms with Crippen LogP contribution in [0, 0.1) is 0 Å². The third kappa shape index (κ3) is 21.8. The van der Waals surface area contributed by atoms with Crippen LogP contribution in [-0.4, -0.2) is 160 Å². The van der Waals surface area contributed by atoms with Crippen LogP contribution < -0.4 is 9.47 Å². The maximum atomic E-state index is 13.7. The lowest BCUT2D eigenvalue weighted by atomic mass is 9.94. The van der Waals surface area contributed by atoms with Crippen LogP contribution in [0.5, 0.6) is 11.5 Å². The van der Waals surface area contributed by atoms with Crippen LogP contribution in [0.15, 0.2) is 297 Å². The Balaban J connectivity index is 0.831. The van der Waals surface area contributed by atoms with E-state index in [9.17, 15) is 10.2 Å². The molecule has 0 aliphatic carbocycles. The number of benzene rings is 10. The van der Waals surface area contributed by atoms with Crippen LogP contribution in [0.1, 0.15) is 63.3 Å². The minimum absolute atomic E-state index is 0.00427. The summed E-state index contributed by atoms with van der Waals surface area (Å²) in [6.07, 6.45) is -24.8. The van der Waals surface area contributed by atoms with E-state index in [4.69, 9.17) is 90.0 Å². The van der Waals surface area contributed by atoms with Gasteiger partial charge in [-0.05, 0) is 75.7 Å². The van der Waals surface area contributed by atoms with Crippen molar-refractivity contribution in [3.8, 4) is 11.5 Å². The molecule has 602 valence electrons. The molecule has 10 aromatic rings. The molecule has 15 rings (SSSR count). The van der Waals surface area contributed by atoms with Crippen molar-refractivity contribution in [2.45, 2.75) is 189 Å². The van der Waals surface area contributed by atoms with Crippen LogP contribution in [-0.2, 0) is 133 Å². The van der Waals surface area contributed by atoms with Gasteiger partial charge in [0.05, 0.1) is 85.9 Å². The summed E-state index contributed by atoms with van der Waals surface area (Å²) in [4.78, 5) is 0. The second kappa shape index (κ2) is 41.2. The zero-order valence-electron chi connectivity index (χ0n) is 64.3. The zero-order valence-corrected chi connectivity index (χ0v) is 64.3. The van der Waals surface area contributed by atoms with Crippen molar-refractivity contribution in [3.05, 3.63) is 347 Å². The molecule has 2 N–H and O–H groups in total. The molecule has 21 nitrogen and oxygen atoms in total. The molecule has 0 amide bonds. The second-order valence-electron chi connectivity index (χ2n) is 29.2. The third-order valence-electron chi connectivity index (χ3n) is 21.0. The van der Waals surface area contributed by atoms with E-state index in [1.165, 1.54) is 0 Å². The van der Waals surface area contributed by atoms with E-state index >= 15 is 0 Å². The molecular formula is C94H100O21. The lowest BCUT2D eigenvalue weighted by Gasteiger charge is -2.53. The first kappa shape index (κ1) is 81.2. The predicted molar refractivity (Wildman–Crippen MR) is 423 cm³/mol. The van der Waals surface area contributed by atoms with Gasteiger partial charge >= 0.3 is 0 Å². The zero-order chi connectivity index (χ0) is 78.3. The van der Waals surface area contributed by atoms with Gasteiger partial charge in [-0.15, -0.1) is 0 Å². The van der Waals surface area contributed by atoms with Gasteiger partial charge in [0.25, 0.3) is 0 Å². The topological polar surface area (TPSA) is 216 Å². The number of methoxy groups -OCH3 is 1. The monoisotopic (exact) mass is 1560 g/mol. The molecule has 21 heteroatoms. The van der Waals surface area contributed by atoms with Gasteiger partial charge in [0.1, 0.15) is 103 Å². The number of rotatable bonds is 36. The molecule has 0 bridgehead atoms. The molecule has 0 saturated carbocycles.